The van der Waals surface area contributed by atoms with Crippen molar-refractivity contribution in [1.29, 1.82) is 0 Å². The predicted octanol–water partition coefficient (Wildman–Crippen LogP) is 2.76. The summed E-state index contributed by atoms with van der Waals surface area (Å²) in [5.41, 5.74) is 2.13. The molecular weight excluding hydrogens is 502 g/mol. The summed E-state index contributed by atoms with van der Waals surface area (Å²) in [7, 11) is 0. The van der Waals surface area contributed by atoms with Crippen molar-refractivity contribution in [3.63, 3.8) is 0 Å². The van der Waals surface area contributed by atoms with Crippen molar-refractivity contribution in [3.8, 4) is 11.5 Å². The van der Waals surface area contributed by atoms with Crippen LogP contribution in [0.25, 0.3) is 0 Å². The normalized spacial score (nSPS) is 16.8. The van der Waals surface area contributed by atoms with Gasteiger partial charge in [0.05, 0.1) is 39.6 Å². The van der Waals surface area contributed by atoms with Gasteiger partial charge in [-0.2, -0.15) is 0 Å². The van der Waals surface area contributed by atoms with Crippen molar-refractivity contribution in [2.75, 3.05) is 52.9 Å². The molecule has 0 unspecified atom stereocenters. The van der Waals surface area contributed by atoms with Crippen LogP contribution in [0.2, 0.25) is 0 Å². The van der Waals surface area contributed by atoms with Crippen LogP contribution in [0.15, 0.2) is 66.7 Å². The van der Waals surface area contributed by atoms with Crippen LogP contribution >= 0.6 is 0 Å². The molecule has 0 radical (unpaired) electrons. The van der Waals surface area contributed by atoms with Crippen molar-refractivity contribution in [1.82, 2.24) is 15.6 Å². The van der Waals surface area contributed by atoms with E-state index in [0.717, 1.165) is 11.1 Å². The molecule has 39 heavy (non-hydrogen) atoms. The Kier molecular flexibility index (Phi) is 11.1. The molecule has 0 aliphatic carbocycles. The number of amides is 2. The number of rotatable bonds is 0. The maximum absolute atomic E-state index is 12.6. The van der Waals surface area contributed by atoms with E-state index in [0.29, 0.717) is 77.4 Å². The van der Waals surface area contributed by atoms with Crippen molar-refractivity contribution < 1.29 is 33.3 Å². The van der Waals surface area contributed by atoms with Gasteiger partial charge < -0.3 is 34.3 Å². The highest BCUT2D eigenvalue weighted by Gasteiger charge is 2.12. The number of carbonyl (C=O) groups is 2. The number of ether oxygens (including phenoxy) is 5. The molecule has 0 atom stereocenters. The summed E-state index contributed by atoms with van der Waals surface area (Å²) in [5, 5.41) is 5.67. The molecular formula is C29H33N3O7. The van der Waals surface area contributed by atoms with E-state index in [1.54, 1.807) is 18.2 Å². The molecule has 7 rings (SSSR count). The second-order valence-corrected chi connectivity index (χ2v) is 8.60. The third-order valence-electron chi connectivity index (χ3n) is 5.70. The Bertz CT molecular complexity index is 1100. The third kappa shape index (κ3) is 9.68. The molecule has 0 saturated carbocycles. The highest BCUT2D eigenvalue weighted by Crippen LogP contribution is 2.13. The van der Waals surface area contributed by atoms with Gasteiger partial charge in [0.25, 0.3) is 11.8 Å². The van der Waals surface area contributed by atoms with E-state index < -0.39 is 0 Å². The highest BCUT2D eigenvalue weighted by atomic mass is 16.6. The van der Waals surface area contributed by atoms with E-state index in [1.807, 2.05) is 48.5 Å². The fourth-order valence-corrected chi connectivity index (χ4v) is 3.62. The van der Waals surface area contributed by atoms with Gasteiger partial charge in [-0.1, -0.05) is 30.3 Å². The van der Waals surface area contributed by atoms with Gasteiger partial charge in [0, 0.05) is 13.1 Å². The topological polar surface area (TPSA) is 117 Å². The number of hydrogen-bond acceptors (Lipinski definition) is 8. The molecule has 1 aromatic heterocycles. The summed E-state index contributed by atoms with van der Waals surface area (Å²) in [5.74, 6) is 0.683. The Morgan fingerprint density at radius 2 is 0.897 bits per heavy atom. The van der Waals surface area contributed by atoms with Crippen LogP contribution in [0.5, 0.6) is 11.5 Å². The van der Waals surface area contributed by atoms with Gasteiger partial charge in [-0.05, 0) is 47.5 Å². The van der Waals surface area contributed by atoms with Crippen LogP contribution in [0, 0.1) is 0 Å². The second-order valence-electron chi connectivity index (χ2n) is 8.60. The zero-order valence-corrected chi connectivity index (χ0v) is 21.7. The fourth-order valence-electron chi connectivity index (χ4n) is 3.62. The van der Waals surface area contributed by atoms with Crippen LogP contribution in [0.1, 0.15) is 32.1 Å². The molecule has 0 spiro atoms. The molecule has 3 aromatic rings. The first kappa shape index (κ1) is 28.0. The summed E-state index contributed by atoms with van der Waals surface area (Å²) in [6.45, 7) is 4.25. The minimum atomic E-state index is -0.369. The third-order valence-corrected chi connectivity index (χ3v) is 5.70. The summed E-state index contributed by atoms with van der Waals surface area (Å²) in [6, 6.07) is 19.6. The van der Waals surface area contributed by atoms with Crippen LogP contribution in [0.3, 0.4) is 0 Å². The lowest BCUT2D eigenvalue weighted by Gasteiger charge is -2.10. The minimum absolute atomic E-state index is 0.165. The smallest absolute Gasteiger partial charge is 0.270 e. The summed E-state index contributed by atoms with van der Waals surface area (Å²) in [4.78, 5) is 29.5. The van der Waals surface area contributed by atoms with E-state index >= 15 is 0 Å². The maximum atomic E-state index is 12.6. The molecule has 206 valence electrons. The Balaban J connectivity index is 1.35. The summed E-state index contributed by atoms with van der Waals surface area (Å²) >= 11 is 0. The van der Waals surface area contributed by atoms with E-state index in [1.165, 1.54) is 0 Å². The van der Waals surface area contributed by atoms with Gasteiger partial charge in [0.15, 0.2) is 0 Å². The molecule has 6 bridgehead atoms. The number of benzene rings is 2. The zero-order chi connectivity index (χ0) is 27.1. The fraction of sp³-hybridized carbons (Fsp3) is 0.345. The minimum Gasteiger partial charge on any atom is -0.491 e. The number of nitrogens with one attached hydrogen (secondary N) is 2. The van der Waals surface area contributed by atoms with E-state index in [4.69, 9.17) is 23.7 Å². The maximum Gasteiger partial charge on any atom is 0.270 e. The standard InChI is InChI=1S/C29H33N3O7/c33-28-26-2-1-3-27(32-26)29(34)31-21-23-6-10-25(11-7-23)39-19-17-37-15-13-35-12-14-36-16-18-38-24-8-4-22(5-9-24)20-30-28/h1-11H,12-21H2,(H,30,33)(H,31,34). The second kappa shape index (κ2) is 15.4. The Morgan fingerprint density at radius 1 is 0.513 bits per heavy atom. The quantitative estimate of drug-likeness (QED) is 0.451. The first-order valence-electron chi connectivity index (χ1n) is 12.9. The monoisotopic (exact) mass is 535 g/mol. The number of hydrogen-bond donors (Lipinski definition) is 2. The molecule has 10 heteroatoms. The summed E-state index contributed by atoms with van der Waals surface area (Å²) in [6.07, 6.45) is 0. The molecule has 0 fully saturated rings. The van der Waals surface area contributed by atoms with E-state index in [9.17, 15) is 9.59 Å². The predicted molar refractivity (Wildman–Crippen MR) is 143 cm³/mol. The van der Waals surface area contributed by atoms with Crippen molar-refractivity contribution in [2.45, 2.75) is 13.1 Å². The SMILES string of the molecule is O=C1NCc2ccc(cc2)OCCOCCOCCOCCOc2ccc(cc2)CNC(=O)c2cccc1n2. The van der Waals surface area contributed by atoms with Gasteiger partial charge >= 0.3 is 0 Å². The Morgan fingerprint density at radius 3 is 1.31 bits per heavy atom. The Hall–Kier alpha value is -3.99. The van der Waals surface area contributed by atoms with Gasteiger partial charge in [-0.15, -0.1) is 0 Å². The van der Waals surface area contributed by atoms with Crippen LogP contribution < -0.4 is 20.1 Å². The lowest BCUT2D eigenvalue weighted by Crippen LogP contribution is -2.27. The number of aromatic nitrogens is 1. The molecule has 0 saturated heterocycles. The van der Waals surface area contributed by atoms with E-state index in [-0.39, 0.29) is 23.2 Å². The zero-order valence-electron chi connectivity index (χ0n) is 21.7. The lowest BCUT2D eigenvalue weighted by molar-refractivity contribution is 0.00499. The average Bonchev–Trinajstić information content (AvgIpc) is 2.98. The van der Waals surface area contributed by atoms with Crippen molar-refractivity contribution in [2.24, 2.45) is 0 Å². The molecule has 5 heterocycles. The van der Waals surface area contributed by atoms with Crippen LogP contribution in [0.4, 0.5) is 0 Å². The Labute approximate surface area is 227 Å². The number of pyridine rings is 1. The van der Waals surface area contributed by atoms with Crippen LogP contribution in [-0.4, -0.2) is 69.7 Å². The molecule has 4 aliphatic heterocycles. The average molecular weight is 536 g/mol. The first-order valence-corrected chi connectivity index (χ1v) is 12.9. The lowest BCUT2D eigenvalue weighted by atomic mass is 10.2. The van der Waals surface area contributed by atoms with E-state index in [2.05, 4.69) is 15.6 Å². The largest absolute Gasteiger partial charge is 0.491 e. The molecule has 4 aliphatic rings. The number of nitrogens with zero attached hydrogens (tertiary/aromatic N) is 1. The van der Waals surface area contributed by atoms with Gasteiger partial charge in [-0.3, -0.25) is 9.59 Å². The number of carbonyl (C=O) groups excluding carboxylic acids is 2. The first-order chi connectivity index (χ1) is 19.2. The molecule has 2 aromatic carbocycles. The van der Waals surface area contributed by atoms with Crippen molar-refractivity contribution in [3.05, 3.63) is 89.2 Å². The summed E-state index contributed by atoms with van der Waals surface area (Å²) < 4.78 is 27.9. The molecule has 10 nitrogen and oxygen atoms in total. The molecule has 2 N–H and O–H groups in total. The van der Waals surface area contributed by atoms with Crippen LogP contribution in [-0.2, 0) is 27.3 Å². The van der Waals surface area contributed by atoms with Gasteiger partial charge in [0.1, 0.15) is 36.1 Å². The van der Waals surface area contributed by atoms with Crippen molar-refractivity contribution >= 4 is 11.8 Å². The highest BCUT2D eigenvalue weighted by molar-refractivity contribution is 5.96. The van der Waals surface area contributed by atoms with Gasteiger partial charge in [0.2, 0.25) is 0 Å². The molecule has 2 amide bonds. The van der Waals surface area contributed by atoms with Gasteiger partial charge in [-0.25, -0.2) is 4.98 Å².